The molecule has 0 saturated heterocycles. The van der Waals surface area contributed by atoms with E-state index in [1.54, 1.807) is 0 Å². The molecule has 0 bridgehead atoms. The lowest BCUT2D eigenvalue weighted by Gasteiger charge is -2.13. The van der Waals surface area contributed by atoms with E-state index < -0.39 is 0 Å². The SMILES string of the molecule is CC1CCCC1C(=O)Nc1n[nH]c2ccccc12. The highest BCUT2D eigenvalue weighted by atomic mass is 16.2. The highest BCUT2D eigenvalue weighted by Crippen LogP contribution is 2.32. The first-order valence-electron chi connectivity index (χ1n) is 6.49. The Morgan fingerprint density at radius 2 is 2.22 bits per heavy atom. The molecule has 0 radical (unpaired) electrons. The first kappa shape index (κ1) is 11.3. The molecule has 0 spiro atoms. The van der Waals surface area contributed by atoms with Crippen molar-refractivity contribution < 1.29 is 4.79 Å². The van der Waals surface area contributed by atoms with E-state index in [1.165, 1.54) is 0 Å². The minimum absolute atomic E-state index is 0.109. The molecule has 1 amide bonds. The van der Waals surface area contributed by atoms with Gasteiger partial charge < -0.3 is 5.32 Å². The van der Waals surface area contributed by atoms with Crippen molar-refractivity contribution in [2.45, 2.75) is 26.2 Å². The van der Waals surface area contributed by atoms with Crippen LogP contribution < -0.4 is 5.32 Å². The van der Waals surface area contributed by atoms with Crippen LogP contribution in [-0.4, -0.2) is 16.1 Å². The highest BCUT2D eigenvalue weighted by Gasteiger charge is 2.30. The number of hydrogen-bond donors (Lipinski definition) is 2. The summed E-state index contributed by atoms with van der Waals surface area (Å²) in [7, 11) is 0. The van der Waals surface area contributed by atoms with Crippen molar-refractivity contribution in [1.82, 2.24) is 10.2 Å². The van der Waals surface area contributed by atoms with Crippen molar-refractivity contribution in [1.29, 1.82) is 0 Å². The van der Waals surface area contributed by atoms with Crippen LogP contribution in [0.2, 0.25) is 0 Å². The lowest BCUT2D eigenvalue weighted by atomic mass is 9.97. The smallest absolute Gasteiger partial charge is 0.228 e. The average Bonchev–Trinajstić information content (AvgIpc) is 2.97. The van der Waals surface area contributed by atoms with Gasteiger partial charge in [-0.15, -0.1) is 0 Å². The highest BCUT2D eigenvalue weighted by molar-refractivity contribution is 6.00. The number of amides is 1. The van der Waals surface area contributed by atoms with E-state index in [-0.39, 0.29) is 11.8 Å². The van der Waals surface area contributed by atoms with Crippen LogP contribution in [0.5, 0.6) is 0 Å². The molecule has 94 valence electrons. The molecule has 1 aliphatic carbocycles. The Labute approximate surface area is 106 Å². The molecule has 1 aliphatic rings. The molecule has 2 N–H and O–H groups in total. The summed E-state index contributed by atoms with van der Waals surface area (Å²) in [4.78, 5) is 12.2. The van der Waals surface area contributed by atoms with Crippen molar-refractivity contribution in [3.63, 3.8) is 0 Å². The largest absolute Gasteiger partial charge is 0.308 e. The fourth-order valence-electron chi connectivity index (χ4n) is 2.80. The monoisotopic (exact) mass is 243 g/mol. The number of fused-ring (bicyclic) bond motifs is 1. The number of carbonyl (C=O) groups excluding carboxylic acids is 1. The van der Waals surface area contributed by atoms with Crippen molar-refractivity contribution in [3.8, 4) is 0 Å². The predicted octanol–water partition coefficient (Wildman–Crippen LogP) is 2.94. The van der Waals surface area contributed by atoms with Crippen LogP contribution in [0, 0.1) is 11.8 Å². The Morgan fingerprint density at radius 1 is 1.39 bits per heavy atom. The molecule has 1 heterocycles. The van der Waals surface area contributed by atoms with Gasteiger partial charge in [-0.05, 0) is 30.9 Å². The van der Waals surface area contributed by atoms with Gasteiger partial charge in [-0.1, -0.05) is 25.5 Å². The Bertz CT molecular complexity index is 575. The molecule has 2 atom stereocenters. The van der Waals surface area contributed by atoms with Crippen LogP contribution in [0.25, 0.3) is 10.9 Å². The van der Waals surface area contributed by atoms with E-state index >= 15 is 0 Å². The Kier molecular flexibility index (Phi) is 2.78. The van der Waals surface area contributed by atoms with Gasteiger partial charge in [0.25, 0.3) is 0 Å². The summed E-state index contributed by atoms with van der Waals surface area (Å²) < 4.78 is 0. The molecule has 1 aromatic carbocycles. The van der Waals surface area contributed by atoms with Crippen LogP contribution in [-0.2, 0) is 4.79 Å². The van der Waals surface area contributed by atoms with Gasteiger partial charge in [0.2, 0.25) is 5.91 Å². The van der Waals surface area contributed by atoms with Crippen molar-refractivity contribution in [2.24, 2.45) is 11.8 Å². The lowest BCUT2D eigenvalue weighted by molar-refractivity contribution is -0.120. The summed E-state index contributed by atoms with van der Waals surface area (Å²) in [5.41, 5.74) is 0.951. The molecule has 2 aromatic rings. The first-order chi connectivity index (χ1) is 8.75. The van der Waals surface area contributed by atoms with Gasteiger partial charge in [0, 0.05) is 11.3 Å². The second-order valence-electron chi connectivity index (χ2n) is 5.12. The van der Waals surface area contributed by atoms with E-state index in [1.807, 2.05) is 24.3 Å². The number of benzene rings is 1. The van der Waals surface area contributed by atoms with Gasteiger partial charge >= 0.3 is 0 Å². The normalized spacial score (nSPS) is 23.4. The number of aromatic nitrogens is 2. The molecule has 1 fully saturated rings. The summed E-state index contributed by atoms with van der Waals surface area (Å²) in [6, 6.07) is 7.82. The third-order valence-corrected chi connectivity index (χ3v) is 3.91. The molecule has 18 heavy (non-hydrogen) atoms. The van der Waals surface area contributed by atoms with Gasteiger partial charge in [-0.3, -0.25) is 9.89 Å². The first-order valence-corrected chi connectivity index (χ1v) is 6.49. The van der Waals surface area contributed by atoms with Gasteiger partial charge in [0.05, 0.1) is 5.52 Å². The third kappa shape index (κ3) is 1.88. The van der Waals surface area contributed by atoms with Crippen LogP contribution in [0.3, 0.4) is 0 Å². The topological polar surface area (TPSA) is 57.8 Å². The number of hydrogen-bond acceptors (Lipinski definition) is 2. The average molecular weight is 243 g/mol. The zero-order chi connectivity index (χ0) is 12.5. The summed E-state index contributed by atoms with van der Waals surface area (Å²) in [6.07, 6.45) is 3.30. The number of anilines is 1. The molecule has 0 aliphatic heterocycles. The predicted molar refractivity (Wildman–Crippen MR) is 71.2 cm³/mol. The van der Waals surface area contributed by atoms with Crippen molar-refractivity contribution >= 4 is 22.6 Å². The van der Waals surface area contributed by atoms with Crippen LogP contribution in [0.4, 0.5) is 5.82 Å². The fourth-order valence-corrected chi connectivity index (χ4v) is 2.80. The molecule has 2 unspecified atom stereocenters. The number of rotatable bonds is 2. The summed E-state index contributed by atoms with van der Waals surface area (Å²) >= 11 is 0. The number of para-hydroxylation sites is 1. The Morgan fingerprint density at radius 3 is 3.00 bits per heavy atom. The van der Waals surface area contributed by atoms with Crippen LogP contribution in [0.1, 0.15) is 26.2 Å². The molecule has 4 heteroatoms. The van der Waals surface area contributed by atoms with E-state index in [2.05, 4.69) is 22.4 Å². The van der Waals surface area contributed by atoms with E-state index in [0.717, 1.165) is 30.2 Å². The number of H-pyrrole nitrogens is 1. The molecule has 1 saturated carbocycles. The number of carbonyl (C=O) groups is 1. The molecular weight excluding hydrogens is 226 g/mol. The molecular formula is C14H17N3O. The van der Waals surface area contributed by atoms with Gasteiger partial charge in [0.15, 0.2) is 5.82 Å². The molecule has 4 nitrogen and oxygen atoms in total. The maximum atomic E-state index is 12.2. The minimum Gasteiger partial charge on any atom is -0.308 e. The van der Waals surface area contributed by atoms with E-state index in [0.29, 0.717) is 11.7 Å². The zero-order valence-electron chi connectivity index (χ0n) is 10.4. The van der Waals surface area contributed by atoms with Gasteiger partial charge in [0.1, 0.15) is 0 Å². The maximum absolute atomic E-state index is 12.2. The van der Waals surface area contributed by atoms with Crippen LogP contribution >= 0.6 is 0 Å². The number of nitrogens with zero attached hydrogens (tertiary/aromatic N) is 1. The van der Waals surface area contributed by atoms with Crippen LogP contribution in [0.15, 0.2) is 24.3 Å². The standard InChI is InChI=1S/C14H17N3O/c1-9-5-4-7-10(9)14(18)15-13-11-6-2-3-8-12(11)16-17-13/h2-3,6,8-10H,4-5,7H2,1H3,(H2,15,16,17,18). The van der Waals surface area contributed by atoms with Gasteiger partial charge in [-0.2, -0.15) is 5.10 Å². The second kappa shape index (κ2) is 4.44. The van der Waals surface area contributed by atoms with Crippen molar-refractivity contribution in [2.75, 3.05) is 5.32 Å². The summed E-state index contributed by atoms with van der Waals surface area (Å²) in [6.45, 7) is 2.15. The molecule has 3 rings (SSSR count). The second-order valence-corrected chi connectivity index (χ2v) is 5.12. The maximum Gasteiger partial charge on any atom is 0.228 e. The quantitative estimate of drug-likeness (QED) is 0.852. The Hall–Kier alpha value is -1.84. The Balaban J connectivity index is 1.82. The summed E-state index contributed by atoms with van der Waals surface area (Å²) in [5, 5.41) is 11.0. The van der Waals surface area contributed by atoms with Crippen molar-refractivity contribution in [3.05, 3.63) is 24.3 Å². The number of aromatic amines is 1. The molecule has 1 aromatic heterocycles. The zero-order valence-corrected chi connectivity index (χ0v) is 10.4. The fraction of sp³-hybridized carbons (Fsp3) is 0.429. The minimum atomic E-state index is 0.109. The van der Waals surface area contributed by atoms with E-state index in [9.17, 15) is 4.79 Å². The summed E-state index contributed by atoms with van der Waals surface area (Å²) in [5.74, 6) is 1.38. The third-order valence-electron chi connectivity index (χ3n) is 3.91. The van der Waals surface area contributed by atoms with Gasteiger partial charge in [-0.25, -0.2) is 0 Å². The lowest BCUT2D eigenvalue weighted by Crippen LogP contribution is -2.24. The van der Waals surface area contributed by atoms with E-state index in [4.69, 9.17) is 0 Å². The number of nitrogens with one attached hydrogen (secondary N) is 2.